The van der Waals surface area contributed by atoms with E-state index in [1.165, 1.54) is 5.69 Å². The fourth-order valence-electron chi connectivity index (χ4n) is 2.57. The summed E-state index contributed by atoms with van der Waals surface area (Å²) in [6, 6.07) is 4.02. The number of hydrogen-bond donors (Lipinski definition) is 1. The molecule has 0 spiro atoms. The van der Waals surface area contributed by atoms with Crippen molar-refractivity contribution < 1.29 is 8.42 Å². The van der Waals surface area contributed by atoms with Crippen LogP contribution in [0.25, 0.3) is 0 Å². The van der Waals surface area contributed by atoms with E-state index >= 15 is 0 Å². The molecule has 2 heterocycles. The number of sulfonamides is 1. The maximum atomic E-state index is 11.8. The van der Waals surface area contributed by atoms with Gasteiger partial charge in [-0.2, -0.15) is 0 Å². The topological polar surface area (TPSA) is 62.3 Å². The Labute approximate surface area is 127 Å². The molecule has 1 aliphatic rings. The van der Waals surface area contributed by atoms with E-state index in [9.17, 15) is 8.42 Å². The lowest BCUT2D eigenvalue weighted by Crippen LogP contribution is -2.39. The zero-order valence-electron chi connectivity index (χ0n) is 12.5. The lowest BCUT2D eigenvalue weighted by Gasteiger charge is -2.33. The van der Waals surface area contributed by atoms with Crippen molar-refractivity contribution >= 4 is 15.7 Å². The minimum Gasteiger partial charge on any atom is -0.371 e. The highest BCUT2D eigenvalue weighted by Crippen LogP contribution is 2.22. The Hall–Kier alpha value is -1.40. The van der Waals surface area contributed by atoms with Crippen molar-refractivity contribution in [3.05, 3.63) is 36.7 Å². The fraction of sp³-hybridized carbons (Fsp3) is 0.533. The number of nitrogens with one attached hydrogen (secondary N) is 1. The highest BCUT2D eigenvalue weighted by molar-refractivity contribution is 7.89. The van der Waals surface area contributed by atoms with Crippen LogP contribution in [0, 0.1) is 5.92 Å². The number of anilines is 1. The summed E-state index contributed by atoms with van der Waals surface area (Å²) in [5.74, 6) is 0.422. The summed E-state index contributed by atoms with van der Waals surface area (Å²) in [5.41, 5.74) is 1.85. The maximum absolute atomic E-state index is 11.8. The van der Waals surface area contributed by atoms with E-state index in [2.05, 4.69) is 21.2 Å². The average molecular weight is 309 g/mol. The van der Waals surface area contributed by atoms with Crippen LogP contribution in [0.4, 0.5) is 5.69 Å². The fourth-order valence-corrected chi connectivity index (χ4v) is 3.81. The second-order valence-corrected chi connectivity index (χ2v) is 7.51. The van der Waals surface area contributed by atoms with Gasteiger partial charge in [-0.25, -0.2) is 13.1 Å². The summed E-state index contributed by atoms with van der Waals surface area (Å²) in [6.45, 7) is 7.81. The van der Waals surface area contributed by atoms with E-state index in [0.29, 0.717) is 18.0 Å². The lowest BCUT2D eigenvalue weighted by molar-refractivity contribution is 0.402. The molecule has 5 nitrogen and oxygen atoms in total. The van der Waals surface area contributed by atoms with Crippen LogP contribution in [0.2, 0.25) is 0 Å². The van der Waals surface area contributed by atoms with Crippen molar-refractivity contribution in [3.63, 3.8) is 0 Å². The summed E-state index contributed by atoms with van der Waals surface area (Å²) < 4.78 is 26.3. The van der Waals surface area contributed by atoms with E-state index in [0.717, 1.165) is 25.9 Å². The molecule has 0 aliphatic carbocycles. The molecule has 1 aromatic heterocycles. The van der Waals surface area contributed by atoms with Crippen molar-refractivity contribution in [1.82, 2.24) is 9.71 Å². The molecule has 116 valence electrons. The Morgan fingerprint density at radius 2 is 2.00 bits per heavy atom. The number of rotatable bonds is 6. The highest BCUT2D eigenvalue weighted by atomic mass is 32.2. The summed E-state index contributed by atoms with van der Waals surface area (Å²) >= 11 is 0. The van der Waals surface area contributed by atoms with E-state index in [1.54, 1.807) is 19.3 Å². The van der Waals surface area contributed by atoms with Gasteiger partial charge in [0.1, 0.15) is 0 Å². The minimum absolute atomic E-state index is 0.0167. The summed E-state index contributed by atoms with van der Waals surface area (Å²) in [5, 5.41) is 0. The molecular formula is C15H23N3O2S. The van der Waals surface area contributed by atoms with Gasteiger partial charge < -0.3 is 4.90 Å². The molecule has 1 aliphatic heterocycles. The second kappa shape index (κ2) is 7.04. The first-order chi connectivity index (χ1) is 9.96. The van der Waals surface area contributed by atoms with Gasteiger partial charge in [0, 0.05) is 37.7 Å². The first-order valence-corrected chi connectivity index (χ1v) is 8.88. The number of pyridine rings is 1. The molecular weight excluding hydrogens is 286 g/mol. The number of aromatic nitrogens is 1. The molecule has 0 amide bonds. The third-order valence-corrected chi connectivity index (χ3v) is 5.15. The summed E-state index contributed by atoms with van der Waals surface area (Å²) in [4.78, 5) is 6.34. The van der Waals surface area contributed by atoms with E-state index in [1.807, 2.05) is 12.1 Å². The predicted molar refractivity (Wildman–Crippen MR) is 85.8 cm³/mol. The molecule has 0 radical (unpaired) electrons. The molecule has 0 aromatic carbocycles. The Morgan fingerprint density at radius 3 is 2.57 bits per heavy atom. The van der Waals surface area contributed by atoms with Crippen LogP contribution in [-0.4, -0.2) is 38.8 Å². The Balaban J connectivity index is 1.78. The van der Waals surface area contributed by atoms with Crippen LogP contribution in [-0.2, 0) is 10.0 Å². The third-order valence-electron chi connectivity index (χ3n) is 3.67. The van der Waals surface area contributed by atoms with Gasteiger partial charge in [-0.3, -0.25) is 4.98 Å². The van der Waals surface area contributed by atoms with E-state index in [4.69, 9.17) is 0 Å². The van der Waals surface area contributed by atoms with Crippen LogP contribution in [0.1, 0.15) is 19.8 Å². The lowest BCUT2D eigenvalue weighted by atomic mass is 9.97. The number of nitrogens with zero attached hydrogens (tertiary/aromatic N) is 2. The van der Waals surface area contributed by atoms with Crippen LogP contribution in [0.15, 0.2) is 36.7 Å². The smallest absolute Gasteiger partial charge is 0.215 e. The molecule has 1 saturated heterocycles. The van der Waals surface area contributed by atoms with Gasteiger partial charge in [-0.05, 0) is 37.8 Å². The van der Waals surface area contributed by atoms with Crippen LogP contribution < -0.4 is 9.62 Å². The quantitative estimate of drug-likeness (QED) is 0.814. The molecule has 0 bridgehead atoms. The van der Waals surface area contributed by atoms with Crippen molar-refractivity contribution in [3.8, 4) is 0 Å². The van der Waals surface area contributed by atoms with Gasteiger partial charge in [0.05, 0.1) is 5.75 Å². The molecule has 0 atom stereocenters. The average Bonchev–Trinajstić information content (AvgIpc) is 2.45. The molecule has 0 saturated carbocycles. The normalized spacial score (nSPS) is 16.9. The van der Waals surface area contributed by atoms with Gasteiger partial charge in [0.15, 0.2) is 0 Å². The predicted octanol–water partition coefficient (Wildman–Crippen LogP) is 1.79. The Morgan fingerprint density at radius 1 is 1.38 bits per heavy atom. The number of hydrogen-bond acceptors (Lipinski definition) is 4. The van der Waals surface area contributed by atoms with Crippen LogP contribution in [0.5, 0.6) is 0 Å². The van der Waals surface area contributed by atoms with Crippen LogP contribution in [0.3, 0.4) is 0 Å². The number of piperidine rings is 1. The van der Waals surface area contributed by atoms with Crippen molar-refractivity contribution in [2.24, 2.45) is 5.92 Å². The van der Waals surface area contributed by atoms with Gasteiger partial charge >= 0.3 is 0 Å². The zero-order chi connectivity index (χ0) is 15.3. The second-order valence-electron chi connectivity index (χ2n) is 5.70. The van der Waals surface area contributed by atoms with Gasteiger partial charge in [0.25, 0.3) is 0 Å². The molecule has 1 N–H and O–H groups in total. The molecule has 6 heteroatoms. The standard InChI is InChI=1S/C15H23N3O2S/c1-13(2)12-21(19,20)17-11-14-5-9-18(10-6-14)15-3-7-16-8-4-15/h3-4,7-8,14,17H,1,5-6,9-12H2,2H3. The van der Waals surface area contributed by atoms with Crippen molar-refractivity contribution in [1.29, 1.82) is 0 Å². The first kappa shape index (κ1) is 16.0. The largest absolute Gasteiger partial charge is 0.371 e. The summed E-state index contributed by atoms with van der Waals surface area (Å²) in [7, 11) is -3.22. The molecule has 1 aromatic rings. The molecule has 1 fully saturated rings. The zero-order valence-corrected chi connectivity index (χ0v) is 13.3. The van der Waals surface area contributed by atoms with Crippen LogP contribution >= 0.6 is 0 Å². The minimum atomic E-state index is -3.22. The monoisotopic (exact) mass is 309 g/mol. The first-order valence-electron chi connectivity index (χ1n) is 7.23. The highest BCUT2D eigenvalue weighted by Gasteiger charge is 2.21. The molecule has 2 rings (SSSR count). The van der Waals surface area contributed by atoms with Gasteiger partial charge in [0.2, 0.25) is 10.0 Å². The van der Waals surface area contributed by atoms with Crippen molar-refractivity contribution in [2.45, 2.75) is 19.8 Å². The van der Waals surface area contributed by atoms with Crippen molar-refractivity contribution in [2.75, 3.05) is 30.3 Å². The Kier molecular flexibility index (Phi) is 5.36. The SMILES string of the molecule is C=C(C)CS(=O)(=O)NCC1CCN(c2ccncc2)CC1. The van der Waals surface area contributed by atoms with E-state index < -0.39 is 10.0 Å². The Bertz CT molecular complexity index is 564. The van der Waals surface area contributed by atoms with Gasteiger partial charge in [-0.15, -0.1) is 0 Å². The molecule has 21 heavy (non-hydrogen) atoms. The molecule has 0 unspecified atom stereocenters. The van der Waals surface area contributed by atoms with Gasteiger partial charge in [-0.1, -0.05) is 12.2 Å². The third kappa shape index (κ3) is 5.13. The van der Waals surface area contributed by atoms with E-state index in [-0.39, 0.29) is 5.75 Å². The summed E-state index contributed by atoms with van der Waals surface area (Å²) in [6.07, 6.45) is 5.59. The maximum Gasteiger partial charge on any atom is 0.215 e.